The molecule has 2 aromatic rings. The maximum Gasteiger partial charge on any atom is 0.266 e. The third-order valence-electron chi connectivity index (χ3n) is 11.3. The molecule has 0 spiro atoms. The van der Waals surface area contributed by atoms with Gasteiger partial charge in [-0.15, -0.1) is 0 Å². The number of allylic oxidation sites excluding steroid dienone is 5. The van der Waals surface area contributed by atoms with Crippen LogP contribution in [0.25, 0.3) is 5.57 Å². The van der Waals surface area contributed by atoms with Crippen molar-refractivity contribution in [1.29, 1.82) is 0 Å². The molecule has 1 aliphatic carbocycles. The van der Waals surface area contributed by atoms with Crippen LogP contribution in [0.15, 0.2) is 66.3 Å². The molecule has 19 nitrogen and oxygen atoms in total. The van der Waals surface area contributed by atoms with Crippen LogP contribution in [0.3, 0.4) is 0 Å². The van der Waals surface area contributed by atoms with Crippen LogP contribution in [-0.2, 0) is 48.7 Å². The Hall–Kier alpha value is -6.16. The van der Waals surface area contributed by atoms with E-state index >= 15 is 0 Å². The smallest absolute Gasteiger partial charge is 0.266 e. The molecule has 2 atom stereocenters. The monoisotopic (exact) mass is 1040 g/mol. The van der Waals surface area contributed by atoms with Gasteiger partial charge in [-0.3, -0.25) is 37.5 Å². The van der Waals surface area contributed by atoms with Crippen LogP contribution in [0.5, 0.6) is 5.75 Å². The van der Waals surface area contributed by atoms with Crippen molar-refractivity contribution in [3.05, 3.63) is 88.5 Å². The third kappa shape index (κ3) is 23.4. The van der Waals surface area contributed by atoms with E-state index in [4.69, 9.17) is 9.29 Å². The Morgan fingerprint density at radius 2 is 1.26 bits per heavy atom. The molecule has 0 saturated carbocycles. The van der Waals surface area contributed by atoms with Crippen LogP contribution in [0.4, 0.5) is 5.69 Å². The number of unbranched alkanes of at least 4 members (excludes halogenated alkanes) is 1. The third-order valence-corrected chi connectivity index (χ3v) is 13.0. The van der Waals surface area contributed by atoms with Gasteiger partial charge in [-0.05, 0) is 116 Å². The molecular formula is C51H73N7O12S2. The van der Waals surface area contributed by atoms with Gasteiger partial charge in [-0.25, -0.2) is 4.58 Å². The van der Waals surface area contributed by atoms with E-state index in [1.54, 1.807) is 0 Å². The summed E-state index contributed by atoms with van der Waals surface area (Å²) in [6.07, 6.45) is 9.47. The fourth-order valence-electron chi connectivity index (χ4n) is 7.51. The minimum atomic E-state index is -4.29. The van der Waals surface area contributed by atoms with E-state index in [0.717, 1.165) is 50.5 Å². The molecule has 5 amide bonds. The Kier molecular flexibility index (Phi) is 25.1. The summed E-state index contributed by atoms with van der Waals surface area (Å²) in [5.74, 6) is 0.219. The van der Waals surface area contributed by atoms with Gasteiger partial charge in [0, 0.05) is 102 Å². The van der Waals surface area contributed by atoms with Gasteiger partial charge < -0.3 is 40.8 Å². The van der Waals surface area contributed by atoms with Crippen molar-refractivity contribution >= 4 is 78.1 Å². The Bertz CT molecular complexity index is 2540. The molecule has 2 aromatic carbocycles. The normalized spacial score (nSPS) is 13.3. The van der Waals surface area contributed by atoms with Crippen LogP contribution in [0.2, 0.25) is 0 Å². The number of nitrogens with one attached hydrogen (secondary N) is 5. The molecule has 0 aromatic heterocycles. The average Bonchev–Trinajstić information content (AvgIpc) is 3.30. The Morgan fingerprint density at radius 1 is 0.694 bits per heavy atom. The van der Waals surface area contributed by atoms with E-state index in [1.807, 2.05) is 42.0 Å². The number of benzene rings is 2. The summed E-state index contributed by atoms with van der Waals surface area (Å²) in [4.78, 5) is 77.3. The van der Waals surface area contributed by atoms with Gasteiger partial charge in [0.15, 0.2) is 5.71 Å². The fraction of sp³-hybridized carbons (Fsp3) is 0.490. The van der Waals surface area contributed by atoms with Gasteiger partial charge in [0.25, 0.3) is 10.1 Å². The van der Waals surface area contributed by atoms with Crippen LogP contribution < -0.4 is 36.2 Å². The lowest BCUT2D eigenvalue weighted by Gasteiger charge is -2.19. The highest BCUT2D eigenvalue weighted by molar-refractivity contribution is 7.95. The zero-order chi connectivity index (χ0) is 53.4. The lowest BCUT2D eigenvalue weighted by molar-refractivity contribution is -0.462. The zero-order valence-corrected chi connectivity index (χ0v) is 44.1. The van der Waals surface area contributed by atoms with E-state index in [1.165, 1.54) is 0 Å². The molecule has 0 aliphatic heterocycles. The molecule has 0 fully saturated rings. The summed E-state index contributed by atoms with van der Waals surface area (Å²) < 4.78 is 61.3. The molecule has 0 saturated heterocycles. The number of hydrogen-bond acceptors (Lipinski definition) is 12. The number of carbonyl (C=O) groups is 6. The Labute approximate surface area is 425 Å². The van der Waals surface area contributed by atoms with Crippen LogP contribution in [0.1, 0.15) is 92.9 Å². The van der Waals surface area contributed by atoms with Crippen molar-refractivity contribution in [3.63, 3.8) is 0 Å². The number of anilines is 1. The fourth-order valence-corrected chi connectivity index (χ4v) is 8.45. The first-order valence-corrected chi connectivity index (χ1v) is 27.4. The predicted molar refractivity (Wildman–Crippen MR) is 281 cm³/mol. The van der Waals surface area contributed by atoms with E-state index in [9.17, 15) is 45.9 Å². The van der Waals surface area contributed by atoms with Crippen molar-refractivity contribution in [1.82, 2.24) is 26.6 Å². The average molecular weight is 1040 g/mol. The molecule has 396 valence electrons. The summed E-state index contributed by atoms with van der Waals surface area (Å²) >= 11 is 0. The first-order valence-electron chi connectivity index (χ1n) is 24.0. The second kappa shape index (κ2) is 30.0. The van der Waals surface area contributed by atoms with E-state index in [0.29, 0.717) is 25.9 Å². The first-order chi connectivity index (χ1) is 33.9. The number of rotatable bonds is 31. The highest BCUT2D eigenvalue weighted by Crippen LogP contribution is 2.35. The van der Waals surface area contributed by atoms with Crippen molar-refractivity contribution in [2.45, 2.75) is 90.5 Å². The number of Topliss-reactive ketones (excluding diaryl/α,β-unsaturated/α-hetero) is 1. The molecule has 1 aliphatic rings. The second-order valence-corrected chi connectivity index (χ2v) is 21.4. The maximum absolute atomic E-state index is 13.3. The Balaban J connectivity index is 1.51. The van der Waals surface area contributed by atoms with Crippen molar-refractivity contribution in [2.24, 2.45) is 0 Å². The lowest BCUT2D eigenvalue weighted by Crippen LogP contribution is -2.48. The highest BCUT2D eigenvalue weighted by atomic mass is 32.2. The van der Waals surface area contributed by atoms with E-state index < -0.39 is 49.4 Å². The van der Waals surface area contributed by atoms with Gasteiger partial charge in [0.1, 0.15) is 31.7 Å². The predicted octanol–water partition coefficient (Wildman–Crippen LogP) is 2.93. The lowest BCUT2D eigenvalue weighted by atomic mass is 9.89. The summed E-state index contributed by atoms with van der Waals surface area (Å²) in [7, 11) is 0.331. The quantitative estimate of drug-likeness (QED) is 0.0275. The molecular weight excluding hydrogens is 967 g/mol. The molecule has 21 heteroatoms. The molecule has 2 unspecified atom stereocenters. The van der Waals surface area contributed by atoms with E-state index in [2.05, 4.69) is 103 Å². The van der Waals surface area contributed by atoms with Crippen molar-refractivity contribution in [3.8, 4) is 5.75 Å². The zero-order valence-electron chi connectivity index (χ0n) is 42.4. The van der Waals surface area contributed by atoms with Crippen LogP contribution >= 0.6 is 0 Å². The minimum absolute atomic E-state index is 0.0257. The first kappa shape index (κ1) is 60.1. The van der Waals surface area contributed by atoms with Gasteiger partial charge in [0.2, 0.25) is 29.5 Å². The number of aryl methyl sites for hydroxylation is 2. The van der Waals surface area contributed by atoms with E-state index in [-0.39, 0.29) is 101 Å². The molecule has 6 N–H and O–H groups in total. The second-order valence-electron chi connectivity index (χ2n) is 18.0. The standard InChI is InChI=1S/C51H73N7O12S2/c1-36-34-40(49(38-15-19-41(20-16-38)57(3)4)39-17-21-42(22-18-39)58(5)6)35-37(2)50(36)70-31-10-14-45(60)53-28-29-55-51(64)44(56-48(63)26-25-47(62)54-30-33-72(67,68)69)13-8-9-27-52-46(61)24-23-43(59)12-11-32-71(7,65)66/h15-22,34-35,44H,7-14,23-33H2,1-6H3,(H6-,52,53,54,55,56,60,61,62,63,64,65,66,67,68,69). The molecule has 0 heterocycles. The summed E-state index contributed by atoms with van der Waals surface area (Å²) in [5.41, 5.74) is 8.43. The van der Waals surface area contributed by atoms with Crippen molar-refractivity contribution in [2.75, 3.05) is 77.4 Å². The maximum atomic E-state index is 13.3. The van der Waals surface area contributed by atoms with Gasteiger partial charge in [0.05, 0.1) is 12.4 Å². The molecule has 0 radical (unpaired) electrons. The number of carbonyl (C=O) groups excluding carboxylic acids is 6. The minimum Gasteiger partial charge on any atom is -0.778 e. The molecule has 0 bridgehead atoms. The summed E-state index contributed by atoms with van der Waals surface area (Å²) in [6, 6.07) is 11.7. The number of ether oxygens (including phenoxy) is 1. The van der Waals surface area contributed by atoms with Gasteiger partial charge >= 0.3 is 0 Å². The van der Waals surface area contributed by atoms with Gasteiger partial charge in [-0.2, -0.15) is 8.42 Å². The topological polar surface area (TPSA) is 273 Å². The van der Waals surface area contributed by atoms with Gasteiger partial charge in [-0.1, -0.05) is 27.8 Å². The largest absolute Gasteiger partial charge is 0.778 e. The van der Waals surface area contributed by atoms with Crippen LogP contribution in [0, 0.1) is 13.8 Å². The highest BCUT2D eigenvalue weighted by Gasteiger charge is 2.22. The Morgan fingerprint density at radius 3 is 1.86 bits per heavy atom. The SMILES string of the molecule is C=S(=O)([O-])CCCC(=O)CCC(=O)NCCCCC(NC(=O)CCC(=O)NCCS(=O)(=O)O)C(=O)NCCNC(=O)CCCOc1c(C)cc(C(=C2C=CC(=[N+](C)C)C=C2)c2ccc(N(C)C)cc2)cc1C. The number of amides is 5. The molecule has 72 heavy (non-hydrogen) atoms. The summed E-state index contributed by atoms with van der Waals surface area (Å²) in [6.45, 7) is 4.34. The molecule has 3 rings (SSSR count). The summed E-state index contributed by atoms with van der Waals surface area (Å²) in [5, 5.41) is 13.1. The number of ketones is 1. The number of hydrogen-bond donors (Lipinski definition) is 6. The van der Waals surface area contributed by atoms with Crippen LogP contribution in [-0.4, -0.2) is 152 Å². The number of nitrogens with zero attached hydrogens (tertiary/aromatic N) is 2. The van der Waals surface area contributed by atoms with Crippen molar-refractivity contribution < 1.29 is 59.8 Å².